The van der Waals surface area contributed by atoms with Crippen LogP contribution < -0.4 is 16.8 Å². The molecule has 0 aliphatic rings. The van der Waals surface area contributed by atoms with Gasteiger partial charge in [-0.2, -0.15) is 4.37 Å². The number of rotatable bonds is 9. The maximum absolute atomic E-state index is 13.8. The average Bonchev–Trinajstić information content (AvgIpc) is 3.39. The molecule has 3 aromatic rings. The molecular weight excluding hydrogens is 473 g/mol. The normalized spacial score (nSPS) is 12.3. The van der Waals surface area contributed by atoms with Crippen LogP contribution in [0.1, 0.15) is 70.5 Å². The molecule has 35 heavy (non-hydrogen) atoms. The number of benzene rings is 1. The van der Waals surface area contributed by atoms with Gasteiger partial charge >= 0.3 is 0 Å². The molecule has 186 valence electrons. The molecule has 0 radical (unpaired) electrons. The van der Waals surface area contributed by atoms with Crippen LogP contribution in [0.3, 0.4) is 0 Å². The van der Waals surface area contributed by atoms with E-state index in [4.69, 9.17) is 15.9 Å². The van der Waals surface area contributed by atoms with Crippen molar-refractivity contribution in [3.05, 3.63) is 69.9 Å². The Morgan fingerprint density at radius 1 is 1.20 bits per heavy atom. The summed E-state index contributed by atoms with van der Waals surface area (Å²) in [4.78, 5) is 40.3. The minimum absolute atomic E-state index is 0.0447. The molecule has 3 rings (SSSR count). The van der Waals surface area contributed by atoms with Crippen molar-refractivity contribution < 1.29 is 23.2 Å². The highest BCUT2D eigenvalue weighted by Crippen LogP contribution is 2.31. The molecule has 0 bridgehead atoms. The summed E-state index contributed by atoms with van der Waals surface area (Å²) >= 11 is 0.712. The second kappa shape index (κ2) is 10.3. The summed E-state index contributed by atoms with van der Waals surface area (Å²) in [7, 11) is 0. The van der Waals surface area contributed by atoms with Crippen molar-refractivity contribution in [1.82, 2.24) is 14.6 Å². The SMILES string of the molecule is CCC(C)(C)NC(=O)C(c1ccc(C)o1)N(Cc1ccc(F)cc1)C(=O)c1snc(C(N)=O)c1N. The van der Waals surface area contributed by atoms with Gasteiger partial charge in [0.1, 0.15) is 22.2 Å². The van der Waals surface area contributed by atoms with Crippen LogP contribution in [0.5, 0.6) is 0 Å². The van der Waals surface area contributed by atoms with Crippen LogP contribution in [0.25, 0.3) is 0 Å². The van der Waals surface area contributed by atoms with Gasteiger partial charge in [0.05, 0.1) is 5.69 Å². The number of nitrogens with two attached hydrogens (primary N) is 2. The molecule has 1 atom stereocenters. The summed E-state index contributed by atoms with van der Waals surface area (Å²) in [6.07, 6.45) is 0.637. The van der Waals surface area contributed by atoms with E-state index in [1.54, 1.807) is 19.1 Å². The minimum Gasteiger partial charge on any atom is -0.464 e. The highest BCUT2D eigenvalue weighted by Gasteiger charge is 2.38. The molecule has 2 aromatic heterocycles. The Morgan fingerprint density at radius 2 is 1.86 bits per heavy atom. The van der Waals surface area contributed by atoms with Gasteiger partial charge in [-0.1, -0.05) is 19.1 Å². The van der Waals surface area contributed by atoms with Gasteiger partial charge in [-0.15, -0.1) is 0 Å². The third-order valence-electron chi connectivity index (χ3n) is 5.62. The molecule has 3 amide bonds. The number of aromatic nitrogens is 1. The van der Waals surface area contributed by atoms with Gasteiger partial charge in [0, 0.05) is 12.1 Å². The van der Waals surface area contributed by atoms with Crippen molar-refractivity contribution in [2.75, 3.05) is 5.73 Å². The smallest absolute Gasteiger partial charge is 0.270 e. The number of nitrogens with one attached hydrogen (secondary N) is 1. The molecule has 0 saturated heterocycles. The number of hydrogen-bond acceptors (Lipinski definition) is 7. The molecule has 11 heteroatoms. The predicted octanol–water partition coefficient (Wildman–Crippen LogP) is 3.55. The summed E-state index contributed by atoms with van der Waals surface area (Å²) < 4.78 is 23.2. The average molecular weight is 502 g/mol. The molecule has 2 heterocycles. The summed E-state index contributed by atoms with van der Waals surface area (Å²) in [6, 6.07) is 7.66. The zero-order chi connectivity index (χ0) is 25.9. The van der Waals surface area contributed by atoms with Gasteiger partial charge in [-0.3, -0.25) is 14.4 Å². The van der Waals surface area contributed by atoms with Crippen LogP contribution in [0, 0.1) is 12.7 Å². The van der Waals surface area contributed by atoms with E-state index >= 15 is 0 Å². The standard InChI is InChI=1S/C24H28FN5O4S/c1-5-24(3,4)28-22(32)19(16-11-6-13(2)34-16)30(12-14-7-9-15(25)10-8-14)23(33)20-17(26)18(21(27)31)29-35-20/h6-11,19H,5,12,26H2,1-4H3,(H2,27,31)(H,28,32). The number of primary amides is 1. The topological polar surface area (TPSA) is 145 Å². The minimum atomic E-state index is -1.19. The highest BCUT2D eigenvalue weighted by molar-refractivity contribution is 7.09. The number of halogens is 1. The Morgan fingerprint density at radius 3 is 2.37 bits per heavy atom. The quantitative estimate of drug-likeness (QED) is 0.409. The second-order valence-electron chi connectivity index (χ2n) is 8.78. The maximum Gasteiger partial charge on any atom is 0.270 e. The lowest BCUT2D eigenvalue weighted by molar-refractivity contribution is -0.128. The first-order valence-corrected chi connectivity index (χ1v) is 11.7. The van der Waals surface area contributed by atoms with Crippen molar-refractivity contribution in [2.45, 2.75) is 52.2 Å². The van der Waals surface area contributed by atoms with Gasteiger partial charge in [0.25, 0.3) is 17.7 Å². The van der Waals surface area contributed by atoms with Gasteiger partial charge in [-0.05, 0) is 68.6 Å². The zero-order valence-corrected chi connectivity index (χ0v) is 20.7. The first kappa shape index (κ1) is 25.9. The zero-order valence-electron chi connectivity index (χ0n) is 19.9. The van der Waals surface area contributed by atoms with E-state index in [0.29, 0.717) is 29.3 Å². The monoisotopic (exact) mass is 501 g/mol. The number of nitrogens with zero attached hydrogens (tertiary/aromatic N) is 2. The lowest BCUT2D eigenvalue weighted by Crippen LogP contribution is -2.50. The maximum atomic E-state index is 13.8. The Balaban J connectivity index is 2.13. The second-order valence-corrected chi connectivity index (χ2v) is 9.55. The van der Waals surface area contributed by atoms with Crippen molar-refractivity contribution in [2.24, 2.45) is 5.73 Å². The fourth-order valence-electron chi connectivity index (χ4n) is 3.34. The summed E-state index contributed by atoms with van der Waals surface area (Å²) in [5.41, 5.74) is 11.0. The van der Waals surface area contributed by atoms with Crippen LogP contribution in [0.2, 0.25) is 0 Å². The molecular formula is C24H28FN5O4S. The Bertz CT molecular complexity index is 1240. The van der Waals surface area contributed by atoms with Crippen LogP contribution in [-0.4, -0.2) is 32.5 Å². The lowest BCUT2D eigenvalue weighted by atomic mass is 10.0. The summed E-state index contributed by atoms with van der Waals surface area (Å²) in [5.74, 6) is -1.65. The highest BCUT2D eigenvalue weighted by atomic mass is 32.1. The van der Waals surface area contributed by atoms with Gasteiger partial charge in [-0.25, -0.2) is 4.39 Å². The van der Waals surface area contributed by atoms with Crippen molar-refractivity contribution >= 4 is 34.9 Å². The van der Waals surface area contributed by atoms with E-state index in [-0.39, 0.29) is 28.6 Å². The molecule has 0 saturated carbocycles. The molecule has 9 nitrogen and oxygen atoms in total. The van der Waals surface area contributed by atoms with Crippen molar-refractivity contribution in [3.63, 3.8) is 0 Å². The number of anilines is 1. The molecule has 0 spiro atoms. The third-order valence-corrected chi connectivity index (χ3v) is 6.47. The van der Waals surface area contributed by atoms with Crippen LogP contribution >= 0.6 is 11.5 Å². The fourth-order valence-corrected chi connectivity index (χ4v) is 4.10. The predicted molar refractivity (Wildman–Crippen MR) is 130 cm³/mol. The first-order valence-electron chi connectivity index (χ1n) is 10.9. The Hall–Kier alpha value is -3.73. The number of furan rings is 1. The van der Waals surface area contributed by atoms with Crippen LogP contribution in [-0.2, 0) is 11.3 Å². The number of amides is 3. The van der Waals surface area contributed by atoms with E-state index < -0.39 is 35.1 Å². The van der Waals surface area contributed by atoms with Gasteiger partial charge < -0.3 is 26.1 Å². The Labute approximate surface area is 206 Å². The van der Waals surface area contributed by atoms with Crippen LogP contribution in [0.4, 0.5) is 10.1 Å². The summed E-state index contributed by atoms with van der Waals surface area (Å²) in [5, 5.41) is 2.96. The molecule has 0 aliphatic carbocycles. The van der Waals surface area contributed by atoms with Crippen molar-refractivity contribution in [3.8, 4) is 0 Å². The molecule has 0 fully saturated rings. The number of nitrogen functional groups attached to an aromatic ring is 1. The Kier molecular flexibility index (Phi) is 7.59. The fraction of sp³-hybridized carbons (Fsp3) is 0.333. The van der Waals surface area contributed by atoms with E-state index in [1.165, 1.54) is 29.2 Å². The van der Waals surface area contributed by atoms with Gasteiger partial charge in [0.15, 0.2) is 11.7 Å². The largest absolute Gasteiger partial charge is 0.464 e. The number of carbonyl (C=O) groups excluding carboxylic acids is 3. The van der Waals surface area contributed by atoms with Gasteiger partial charge in [0.2, 0.25) is 0 Å². The lowest BCUT2D eigenvalue weighted by Gasteiger charge is -2.33. The number of carbonyl (C=O) groups is 3. The molecule has 1 unspecified atom stereocenters. The van der Waals surface area contributed by atoms with E-state index in [0.717, 1.165) is 0 Å². The van der Waals surface area contributed by atoms with Crippen molar-refractivity contribution in [1.29, 1.82) is 0 Å². The van der Waals surface area contributed by atoms with E-state index in [9.17, 15) is 18.8 Å². The van der Waals surface area contributed by atoms with E-state index in [1.807, 2.05) is 20.8 Å². The number of aryl methyl sites for hydroxylation is 1. The molecule has 1 aromatic carbocycles. The summed E-state index contributed by atoms with van der Waals surface area (Å²) in [6.45, 7) is 7.30. The number of hydrogen-bond donors (Lipinski definition) is 3. The molecule has 5 N–H and O–H groups in total. The third kappa shape index (κ3) is 5.86. The van der Waals surface area contributed by atoms with Crippen LogP contribution in [0.15, 0.2) is 40.8 Å². The first-order chi connectivity index (χ1) is 16.4. The molecule has 0 aliphatic heterocycles. The van der Waals surface area contributed by atoms with E-state index in [2.05, 4.69) is 9.69 Å².